The molecular weight excluding hydrogens is 478 g/mol. The summed E-state index contributed by atoms with van der Waals surface area (Å²) in [5, 5.41) is 3.03. The normalized spacial score (nSPS) is 21.0. The van der Waals surface area contributed by atoms with Crippen molar-refractivity contribution in [2.24, 2.45) is 5.41 Å². The van der Waals surface area contributed by atoms with E-state index in [9.17, 15) is 9.59 Å². The molecule has 1 aliphatic heterocycles. The maximum Gasteiger partial charge on any atom is 0.268 e. The van der Waals surface area contributed by atoms with Crippen LogP contribution in [-0.4, -0.2) is 51.4 Å². The Morgan fingerprint density at radius 2 is 2.17 bits per heavy atom. The lowest BCUT2D eigenvalue weighted by Crippen LogP contribution is -2.42. The number of thiophene rings is 1. The third-order valence-electron chi connectivity index (χ3n) is 7.26. The van der Waals surface area contributed by atoms with E-state index < -0.39 is 0 Å². The molecule has 3 aromatic heterocycles. The molecule has 184 valence electrons. The molecule has 9 nitrogen and oxygen atoms in total. The van der Waals surface area contributed by atoms with Crippen molar-refractivity contribution in [3.8, 4) is 16.4 Å². The Hall–Kier alpha value is -3.92. The molecule has 10 heteroatoms. The third-order valence-corrected chi connectivity index (χ3v) is 8.36. The summed E-state index contributed by atoms with van der Waals surface area (Å²) in [4.78, 5) is 37.3. The fourth-order valence-electron chi connectivity index (χ4n) is 5.51. The standard InChI is InChI=1S/C26H25N5O4S/c1-3-22(32)30-10-9-26(14-30)11-16(12-26)31-17-5-4-6-18(34-2)23(17)28-25(31)29-24(33)21-8-7-20(36-21)19-13-27-15-35-19/h3-8,13,15-16H,1,9-12,14H2,2H3,(H,28,29,33)/t16-,26+. The minimum absolute atomic E-state index is 0.0123. The number of methoxy groups -OCH3 is 1. The molecule has 1 saturated heterocycles. The van der Waals surface area contributed by atoms with E-state index in [4.69, 9.17) is 14.1 Å². The van der Waals surface area contributed by atoms with Crippen LogP contribution in [0.4, 0.5) is 5.95 Å². The van der Waals surface area contributed by atoms with E-state index in [1.54, 1.807) is 19.4 Å². The minimum Gasteiger partial charge on any atom is -0.494 e. The van der Waals surface area contributed by atoms with Gasteiger partial charge in [0, 0.05) is 19.1 Å². The molecule has 6 rings (SSSR count). The van der Waals surface area contributed by atoms with Crippen LogP contribution >= 0.6 is 11.3 Å². The number of hydrogen-bond donors (Lipinski definition) is 1. The van der Waals surface area contributed by atoms with Crippen molar-refractivity contribution >= 4 is 40.1 Å². The number of carbonyl (C=O) groups is 2. The van der Waals surface area contributed by atoms with Crippen LogP contribution < -0.4 is 10.1 Å². The quantitative estimate of drug-likeness (QED) is 0.381. The Balaban J connectivity index is 1.29. The van der Waals surface area contributed by atoms with Gasteiger partial charge in [-0.05, 0) is 55.0 Å². The van der Waals surface area contributed by atoms with Crippen LogP contribution in [0.25, 0.3) is 21.7 Å². The predicted molar refractivity (Wildman–Crippen MR) is 136 cm³/mol. The van der Waals surface area contributed by atoms with Crippen molar-refractivity contribution < 1.29 is 18.7 Å². The summed E-state index contributed by atoms with van der Waals surface area (Å²) in [6.07, 6.45) is 7.17. The first kappa shape index (κ1) is 22.5. The Labute approximate surface area is 211 Å². The van der Waals surface area contributed by atoms with Crippen LogP contribution in [0.5, 0.6) is 5.75 Å². The molecule has 1 N–H and O–H groups in total. The number of aromatic nitrogens is 3. The molecule has 4 aromatic rings. The number of oxazole rings is 1. The van der Waals surface area contributed by atoms with E-state index in [2.05, 4.69) is 21.4 Å². The molecule has 36 heavy (non-hydrogen) atoms. The number of carbonyl (C=O) groups excluding carboxylic acids is 2. The summed E-state index contributed by atoms with van der Waals surface area (Å²) < 4.78 is 13.0. The van der Waals surface area contributed by atoms with Crippen LogP contribution in [0.3, 0.4) is 0 Å². The smallest absolute Gasteiger partial charge is 0.268 e. The Morgan fingerprint density at radius 3 is 2.92 bits per heavy atom. The number of fused-ring (bicyclic) bond motifs is 1. The molecular formula is C26H25N5O4S. The van der Waals surface area contributed by atoms with Crippen LogP contribution in [0.15, 0.2) is 60.0 Å². The maximum atomic E-state index is 13.2. The molecule has 0 bridgehead atoms. The maximum absolute atomic E-state index is 13.2. The molecule has 1 saturated carbocycles. The summed E-state index contributed by atoms with van der Waals surface area (Å²) in [7, 11) is 1.62. The first-order chi connectivity index (χ1) is 17.5. The van der Waals surface area contributed by atoms with E-state index in [0.29, 0.717) is 27.9 Å². The summed E-state index contributed by atoms with van der Waals surface area (Å²) in [5.74, 6) is 1.52. The highest BCUT2D eigenvalue weighted by molar-refractivity contribution is 7.17. The summed E-state index contributed by atoms with van der Waals surface area (Å²) in [6.45, 7) is 5.12. The van der Waals surface area contributed by atoms with Crippen molar-refractivity contribution in [3.63, 3.8) is 0 Å². The number of rotatable bonds is 6. The number of amides is 2. The van der Waals surface area contributed by atoms with Gasteiger partial charge in [-0.3, -0.25) is 14.9 Å². The lowest BCUT2D eigenvalue weighted by Gasteiger charge is -2.46. The zero-order chi connectivity index (χ0) is 24.9. The SMILES string of the molecule is C=CC(=O)N1CC[C@]2(C1)C[C@@H](n1c(NC(=O)c3ccc(-c4cnco4)s3)nc3c(OC)cccc31)C2. The molecule has 4 heterocycles. The zero-order valence-electron chi connectivity index (χ0n) is 19.8. The molecule has 2 amide bonds. The van der Waals surface area contributed by atoms with Crippen LogP contribution in [0.1, 0.15) is 35.0 Å². The first-order valence-corrected chi connectivity index (χ1v) is 12.6. The van der Waals surface area contributed by atoms with E-state index in [0.717, 1.165) is 42.7 Å². The van der Waals surface area contributed by atoms with Gasteiger partial charge in [0.2, 0.25) is 11.9 Å². The second-order valence-corrected chi connectivity index (χ2v) is 10.5. The van der Waals surface area contributed by atoms with Crippen LogP contribution in [0, 0.1) is 5.41 Å². The monoisotopic (exact) mass is 503 g/mol. The first-order valence-electron chi connectivity index (χ1n) is 11.8. The van der Waals surface area contributed by atoms with Gasteiger partial charge in [0.05, 0.1) is 28.6 Å². The van der Waals surface area contributed by atoms with Crippen molar-refractivity contribution in [3.05, 3.63) is 60.5 Å². The van der Waals surface area contributed by atoms with Crippen LogP contribution in [0.2, 0.25) is 0 Å². The molecule has 0 radical (unpaired) electrons. The highest BCUT2D eigenvalue weighted by Crippen LogP contribution is 2.55. The Bertz CT molecular complexity index is 1460. The number of ether oxygens (including phenoxy) is 1. The number of benzene rings is 1. The van der Waals surface area contributed by atoms with Gasteiger partial charge in [0.15, 0.2) is 12.2 Å². The lowest BCUT2D eigenvalue weighted by molar-refractivity contribution is -0.125. The van der Waals surface area contributed by atoms with Crippen molar-refractivity contribution in [2.75, 3.05) is 25.5 Å². The minimum atomic E-state index is -0.237. The van der Waals surface area contributed by atoms with E-state index >= 15 is 0 Å². The van der Waals surface area contributed by atoms with E-state index in [-0.39, 0.29) is 23.3 Å². The Kier molecular flexibility index (Phi) is 5.40. The number of imidazole rings is 1. The van der Waals surface area contributed by atoms with E-state index in [1.165, 1.54) is 23.8 Å². The van der Waals surface area contributed by atoms with E-state index in [1.807, 2.05) is 29.2 Å². The third kappa shape index (κ3) is 3.69. The molecule has 1 aromatic carbocycles. The summed E-state index contributed by atoms with van der Waals surface area (Å²) >= 11 is 1.33. The molecule has 0 atom stereocenters. The van der Waals surface area contributed by atoms with Crippen molar-refractivity contribution in [2.45, 2.75) is 25.3 Å². The van der Waals surface area contributed by atoms with Crippen molar-refractivity contribution in [1.82, 2.24) is 19.4 Å². The van der Waals surface area contributed by atoms with Gasteiger partial charge in [-0.1, -0.05) is 12.6 Å². The van der Waals surface area contributed by atoms with Gasteiger partial charge in [0.1, 0.15) is 11.3 Å². The molecule has 2 aliphatic rings. The van der Waals surface area contributed by atoms with Gasteiger partial charge in [0.25, 0.3) is 5.91 Å². The second kappa shape index (κ2) is 8.63. The number of hydrogen-bond acceptors (Lipinski definition) is 7. The zero-order valence-corrected chi connectivity index (χ0v) is 20.6. The average Bonchev–Trinajstić information content (AvgIpc) is 3.66. The summed E-state index contributed by atoms with van der Waals surface area (Å²) in [5.41, 5.74) is 1.72. The van der Waals surface area contributed by atoms with Gasteiger partial charge >= 0.3 is 0 Å². The molecule has 0 unspecified atom stereocenters. The molecule has 1 aliphatic carbocycles. The predicted octanol–water partition coefficient (Wildman–Crippen LogP) is 4.75. The van der Waals surface area contributed by atoms with Crippen LogP contribution in [-0.2, 0) is 4.79 Å². The average molecular weight is 504 g/mol. The van der Waals surface area contributed by atoms with Crippen molar-refractivity contribution in [1.29, 1.82) is 0 Å². The van der Waals surface area contributed by atoms with Gasteiger partial charge in [-0.15, -0.1) is 11.3 Å². The number of nitrogens with one attached hydrogen (secondary N) is 1. The number of anilines is 1. The largest absolute Gasteiger partial charge is 0.494 e. The van der Waals surface area contributed by atoms with Gasteiger partial charge in [-0.25, -0.2) is 9.97 Å². The van der Waals surface area contributed by atoms with Gasteiger partial charge in [-0.2, -0.15) is 0 Å². The molecule has 1 spiro atoms. The number of nitrogens with zero attached hydrogens (tertiary/aromatic N) is 4. The molecule has 2 fully saturated rings. The topological polar surface area (TPSA) is 102 Å². The highest BCUT2D eigenvalue weighted by Gasteiger charge is 2.50. The Morgan fingerprint density at radius 1 is 1.31 bits per heavy atom. The number of para-hydroxylation sites is 1. The lowest BCUT2D eigenvalue weighted by atomic mass is 9.65. The fourth-order valence-corrected chi connectivity index (χ4v) is 6.37. The second-order valence-electron chi connectivity index (χ2n) is 9.39. The van der Waals surface area contributed by atoms with Gasteiger partial charge < -0.3 is 18.6 Å². The number of likely N-dealkylation sites (tertiary alicyclic amines) is 1. The summed E-state index contributed by atoms with van der Waals surface area (Å²) in [6, 6.07) is 9.57. The highest BCUT2D eigenvalue weighted by atomic mass is 32.1. The fraction of sp³-hybridized carbons (Fsp3) is 0.308.